The monoisotopic (exact) mass is 251 g/mol. The highest BCUT2D eigenvalue weighted by molar-refractivity contribution is 4.88. The van der Waals surface area contributed by atoms with Crippen LogP contribution in [-0.4, -0.2) is 44.8 Å². The quantitative estimate of drug-likeness (QED) is 0.875. The second-order valence-electron chi connectivity index (χ2n) is 5.12. The smallest absolute Gasteiger partial charge is 0.141 e. The highest BCUT2D eigenvalue weighted by Crippen LogP contribution is 2.13. The van der Waals surface area contributed by atoms with Crippen LogP contribution in [0.15, 0.2) is 6.33 Å². The molecule has 2 heterocycles. The molecule has 0 saturated carbocycles. The van der Waals surface area contributed by atoms with E-state index >= 15 is 0 Å². The summed E-state index contributed by atoms with van der Waals surface area (Å²) in [7, 11) is 0. The molecule has 0 aliphatic carbocycles. The summed E-state index contributed by atoms with van der Waals surface area (Å²) in [6.07, 6.45) is 4.05. The first-order chi connectivity index (χ1) is 8.74. The lowest BCUT2D eigenvalue weighted by molar-refractivity contribution is 0.186. The van der Waals surface area contributed by atoms with Crippen molar-refractivity contribution >= 4 is 0 Å². The molecule has 102 valence electrons. The van der Waals surface area contributed by atoms with Crippen molar-refractivity contribution in [3.05, 3.63) is 12.2 Å². The molecule has 5 nitrogen and oxygen atoms in total. The van der Waals surface area contributed by atoms with Crippen molar-refractivity contribution in [1.82, 2.24) is 25.0 Å². The summed E-state index contributed by atoms with van der Waals surface area (Å²) in [5.74, 6) is 1.08. The first-order valence-electron chi connectivity index (χ1n) is 7.08. The molecule has 1 fully saturated rings. The molecule has 2 atom stereocenters. The van der Waals surface area contributed by atoms with Gasteiger partial charge in [0.25, 0.3) is 0 Å². The normalized spacial score (nSPS) is 26.2. The number of nitrogens with zero attached hydrogens (tertiary/aromatic N) is 4. The van der Waals surface area contributed by atoms with Crippen molar-refractivity contribution in [2.24, 2.45) is 0 Å². The number of aromatic nitrogens is 3. The molecule has 1 N–H and O–H groups in total. The maximum atomic E-state index is 4.39. The lowest BCUT2D eigenvalue weighted by Crippen LogP contribution is -2.39. The van der Waals surface area contributed by atoms with Crippen LogP contribution in [0, 0.1) is 0 Å². The van der Waals surface area contributed by atoms with E-state index in [2.05, 4.69) is 41.1 Å². The van der Waals surface area contributed by atoms with Gasteiger partial charge in [-0.05, 0) is 33.2 Å². The van der Waals surface area contributed by atoms with Crippen molar-refractivity contribution in [1.29, 1.82) is 0 Å². The third-order valence-electron chi connectivity index (χ3n) is 3.91. The molecule has 2 unspecified atom stereocenters. The molecule has 0 radical (unpaired) electrons. The molecule has 18 heavy (non-hydrogen) atoms. The standard InChI is InChI=1S/C13H25N5/c1-4-12-8-17(11(3)6-7-14-12)9-13-15-10-16-18(13)5-2/h10-12,14H,4-9H2,1-3H3. The van der Waals surface area contributed by atoms with Gasteiger partial charge >= 0.3 is 0 Å². The van der Waals surface area contributed by atoms with E-state index in [0.29, 0.717) is 12.1 Å². The van der Waals surface area contributed by atoms with E-state index in [-0.39, 0.29) is 0 Å². The van der Waals surface area contributed by atoms with Gasteiger partial charge in [-0.3, -0.25) is 4.90 Å². The molecule has 0 amide bonds. The molecule has 2 rings (SSSR count). The van der Waals surface area contributed by atoms with Crippen molar-refractivity contribution in [3.63, 3.8) is 0 Å². The van der Waals surface area contributed by atoms with Gasteiger partial charge in [0.05, 0.1) is 6.54 Å². The Morgan fingerprint density at radius 3 is 3.00 bits per heavy atom. The summed E-state index contributed by atoms with van der Waals surface area (Å²) in [6.45, 7) is 10.7. The van der Waals surface area contributed by atoms with Crippen molar-refractivity contribution < 1.29 is 0 Å². The summed E-state index contributed by atoms with van der Waals surface area (Å²) in [6, 6.07) is 1.21. The lowest BCUT2D eigenvalue weighted by atomic mass is 10.2. The van der Waals surface area contributed by atoms with E-state index in [1.807, 2.05) is 4.68 Å². The summed E-state index contributed by atoms with van der Waals surface area (Å²) in [4.78, 5) is 6.92. The van der Waals surface area contributed by atoms with Gasteiger partial charge in [-0.15, -0.1) is 0 Å². The predicted octanol–water partition coefficient (Wildman–Crippen LogP) is 1.26. The highest BCUT2D eigenvalue weighted by Gasteiger charge is 2.23. The fourth-order valence-electron chi connectivity index (χ4n) is 2.56. The minimum absolute atomic E-state index is 0.605. The van der Waals surface area contributed by atoms with Crippen LogP contribution in [0.4, 0.5) is 0 Å². The SMILES string of the molecule is CCC1CN(Cc2ncnn2CC)C(C)CCN1. The Labute approximate surface area is 110 Å². The van der Waals surface area contributed by atoms with Gasteiger partial charge in [-0.1, -0.05) is 6.92 Å². The third-order valence-corrected chi connectivity index (χ3v) is 3.91. The fraction of sp³-hybridized carbons (Fsp3) is 0.846. The van der Waals surface area contributed by atoms with Crippen LogP contribution >= 0.6 is 0 Å². The Hall–Kier alpha value is -0.940. The van der Waals surface area contributed by atoms with Crippen LogP contribution in [0.3, 0.4) is 0 Å². The maximum Gasteiger partial charge on any atom is 0.141 e. The molecule has 5 heteroatoms. The topological polar surface area (TPSA) is 46.0 Å². The lowest BCUT2D eigenvalue weighted by Gasteiger charge is -2.28. The first-order valence-corrected chi connectivity index (χ1v) is 7.08. The number of aryl methyl sites for hydroxylation is 1. The predicted molar refractivity (Wildman–Crippen MR) is 72.3 cm³/mol. The molecule has 1 aromatic heterocycles. The molecule has 1 saturated heterocycles. The van der Waals surface area contributed by atoms with Crippen LogP contribution in [-0.2, 0) is 13.1 Å². The van der Waals surface area contributed by atoms with E-state index in [4.69, 9.17) is 0 Å². The summed E-state index contributed by atoms with van der Waals surface area (Å²) < 4.78 is 1.99. The molecule has 1 aliphatic heterocycles. The number of hydrogen-bond acceptors (Lipinski definition) is 4. The summed E-state index contributed by atoms with van der Waals surface area (Å²) in [5.41, 5.74) is 0. The maximum absolute atomic E-state index is 4.39. The van der Waals surface area contributed by atoms with Crippen molar-refractivity contribution in [3.8, 4) is 0 Å². The molecule has 0 spiro atoms. The second kappa shape index (κ2) is 6.29. The van der Waals surface area contributed by atoms with Crippen LogP contribution in [0.1, 0.15) is 39.4 Å². The van der Waals surface area contributed by atoms with Gasteiger partial charge in [0, 0.05) is 25.2 Å². The Kier molecular flexibility index (Phi) is 4.72. The summed E-state index contributed by atoms with van der Waals surface area (Å²) >= 11 is 0. The van der Waals surface area contributed by atoms with Gasteiger partial charge in [-0.2, -0.15) is 5.10 Å². The van der Waals surface area contributed by atoms with Gasteiger partial charge in [0.1, 0.15) is 12.2 Å². The van der Waals surface area contributed by atoms with Crippen molar-refractivity contribution in [2.45, 2.75) is 58.8 Å². The largest absolute Gasteiger partial charge is 0.313 e. The van der Waals surface area contributed by atoms with Crippen molar-refractivity contribution in [2.75, 3.05) is 13.1 Å². The number of nitrogens with one attached hydrogen (secondary N) is 1. The van der Waals surface area contributed by atoms with E-state index in [1.54, 1.807) is 6.33 Å². The van der Waals surface area contributed by atoms with Crippen LogP contribution < -0.4 is 5.32 Å². The van der Waals surface area contributed by atoms with Crippen LogP contribution in [0.5, 0.6) is 0 Å². The minimum atomic E-state index is 0.605. The molecular weight excluding hydrogens is 226 g/mol. The molecule has 0 aromatic carbocycles. The molecular formula is C13H25N5. The van der Waals surface area contributed by atoms with E-state index in [9.17, 15) is 0 Å². The average Bonchev–Trinajstić information content (AvgIpc) is 2.75. The van der Waals surface area contributed by atoms with E-state index < -0.39 is 0 Å². The van der Waals surface area contributed by atoms with Gasteiger partial charge in [0.15, 0.2) is 0 Å². The number of hydrogen-bond donors (Lipinski definition) is 1. The summed E-state index contributed by atoms with van der Waals surface area (Å²) in [5, 5.41) is 7.87. The Morgan fingerprint density at radius 2 is 2.28 bits per heavy atom. The Bertz CT molecular complexity index is 362. The van der Waals surface area contributed by atoms with Crippen LogP contribution in [0.25, 0.3) is 0 Å². The third kappa shape index (κ3) is 3.09. The van der Waals surface area contributed by atoms with Gasteiger partial charge in [-0.25, -0.2) is 9.67 Å². The fourth-order valence-corrected chi connectivity index (χ4v) is 2.56. The first kappa shape index (κ1) is 13.5. The van der Waals surface area contributed by atoms with E-state index in [1.165, 1.54) is 12.8 Å². The van der Waals surface area contributed by atoms with Gasteiger partial charge < -0.3 is 5.32 Å². The Morgan fingerprint density at radius 1 is 1.44 bits per heavy atom. The zero-order valence-corrected chi connectivity index (χ0v) is 11.8. The second-order valence-corrected chi connectivity index (χ2v) is 5.12. The zero-order chi connectivity index (χ0) is 13.0. The van der Waals surface area contributed by atoms with Gasteiger partial charge in [0.2, 0.25) is 0 Å². The molecule has 1 aromatic rings. The van der Waals surface area contributed by atoms with Crippen LogP contribution in [0.2, 0.25) is 0 Å². The number of rotatable bonds is 4. The highest BCUT2D eigenvalue weighted by atomic mass is 15.3. The molecule has 0 bridgehead atoms. The Balaban J connectivity index is 2.05. The zero-order valence-electron chi connectivity index (χ0n) is 11.8. The molecule has 1 aliphatic rings. The van der Waals surface area contributed by atoms with E-state index in [0.717, 1.165) is 32.0 Å². The average molecular weight is 251 g/mol. The minimum Gasteiger partial charge on any atom is -0.313 e.